The Labute approximate surface area is 526 Å². The van der Waals surface area contributed by atoms with Crippen molar-refractivity contribution in [3.8, 4) is 17.2 Å². The maximum Gasteiger partial charge on any atom is 0.233 e. The van der Waals surface area contributed by atoms with E-state index in [2.05, 4.69) is 158 Å². The van der Waals surface area contributed by atoms with Crippen molar-refractivity contribution < 1.29 is 14.2 Å². The van der Waals surface area contributed by atoms with Crippen LogP contribution >= 0.6 is 58.0 Å². The number of hydrogen-bond acceptors (Lipinski definition) is 23. The fourth-order valence-electron chi connectivity index (χ4n) is 9.00. The smallest absolute Gasteiger partial charge is 0.233 e. The van der Waals surface area contributed by atoms with E-state index in [1.807, 2.05) is 25.2 Å². The highest BCUT2D eigenvalue weighted by molar-refractivity contribution is 6.33. The topological polar surface area (TPSA) is 241 Å². The minimum atomic E-state index is 0. The van der Waals surface area contributed by atoms with Gasteiger partial charge in [-0.2, -0.15) is 44.9 Å². The molecule has 3 aromatic carbocycles. The molecule has 466 valence electrons. The summed E-state index contributed by atoms with van der Waals surface area (Å²) in [6.45, 7) is 14.9. The molecule has 6 aromatic rings. The second kappa shape index (κ2) is 35.0. The maximum atomic E-state index is 6.25. The van der Waals surface area contributed by atoms with Crippen LogP contribution in [0.15, 0.2) is 54.6 Å². The van der Waals surface area contributed by atoms with Crippen LogP contribution in [0.4, 0.5) is 58.7 Å². The average Bonchev–Trinajstić information content (AvgIpc) is 3.60. The third-order valence-electron chi connectivity index (χ3n) is 13.7. The summed E-state index contributed by atoms with van der Waals surface area (Å²) in [6, 6.07) is 18.1. The molecule has 0 amide bonds. The Kier molecular flexibility index (Phi) is 28.7. The zero-order valence-corrected chi connectivity index (χ0v) is 53.8. The Morgan fingerprint density at radius 1 is 0.494 bits per heavy atom. The first-order chi connectivity index (χ1) is 40.2. The number of piperidine rings is 3. The molecule has 6 heterocycles. The zero-order chi connectivity index (χ0) is 60.9. The summed E-state index contributed by atoms with van der Waals surface area (Å²) in [6.07, 6.45) is 6.92. The Hall–Kier alpha value is -6.02. The van der Waals surface area contributed by atoms with E-state index < -0.39 is 0 Å². The van der Waals surface area contributed by atoms with E-state index in [0.717, 1.165) is 69.3 Å². The van der Waals surface area contributed by atoms with E-state index in [-0.39, 0.29) is 36.0 Å². The van der Waals surface area contributed by atoms with Crippen LogP contribution in [0, 0.1) is 0 Å². The fraction of sp³-hybridized carbons (Fsp3) is 0.526. The van der Waals surface area contributed by atoms with Gasteiger partial charge in [-0.3, -0.25) is 0 Å². The maximum absolute atomic E-state index is 6.25. The summed E-state index contributed by atoms with van der Waals surface area (Å²) in [4.78, 5) is 48.0. The quantitative estimate of drug-likeness (QED) is 0.0423. The lowest BCUT2D eigenvalue weighted by molar-refractivity contribution is 0.240. The summed E-state index contributed by atoms with van der Waals surface area (Å²) in [5.74, 6) is 5.39. The van der Waals surface area contributed by atoms with Gasteiger partial charge in [0.25, 0.3) is 0 Å². The number of hydrogen-bond donors (Lipinski definition) is 7. The van der Waals surface area contributed by atoms with Gasteiger partial charge in [0.15, 0.2) is 0 Å². The van der Waals surface area contributed by atoms with Gasteiger partial charge < -0.3 is 71.0 Å². The second-order valence-electron chi connectivity index (χ2n) is 20.9. The molecular weight excluding hydrogens is 1190 g/mol. The number of halogens is 5. The van der Waals surface area contributed by atoms with Crippen LogP contribution in [0.3, 0.4) is 0 Å². The molecule has 28 heteroatoms. The first-order valence-electron chi connectivity index (χ1n) is 27.9. The van der Waals surface area contributed by atoms with Gasteiger partial charge in [-0.15, -0.1) is 0 Å². The molecule has 3 saturated heterocycles. The third kappa shape index (κ3) is 22.6. The molecular formula is C57H85Cl5N20O3. The summed E-state index contributed by atoms with van der Waals surface area (Å²) in [5, 5.41) is 24.1. The molecule has 7 N–H and O–H groups in total. The highest BCUT2D eigenvalue weighted by atomic mass is 35.5. The molecule has 0 bridgehead atoms. The van der Waals surface area contributed by atoms with Gasteiger partial charge in [0.2, 0.25) is 52.2 Å². The van der Waals surface area contributed by atoms with Crippen LogP contribution in [-0.2, 0) is 0 Å². The molecule has 0 spiro atoms. The van der Waals surface area contributed by atoms with E-state index in [4.69, 9.17) is 72.2 Å². The van der Waals surface area contributed by atoms with Gasteiger partial charge in [0, 0.05) is 61.4 Å². The summed E-state index contributed by atoms with van der Waals surface area (Å²) >= 11 is 29.8. The number of aromatic nitrogens is 9. The minimum absolute atomic E-state index is 0. The third-order valence-corrected chi connectivity index (χ3v) is 15.0. The summed E-state index contributed by atoms with van der Waals surface area (Å²) < 4.78 is 15.5. The lowest BCUT2D eigenvalue weighted by Gasteiger charge is -2.35. The molecule has 3 aromatic heterocycles. The number of benzene rings is 3. The number of likely N-dealkylation sites (tertiary alicyclic amines) is 2. The van der Waals surface area contributed by atoms with Crippen LogP contribution in [0.25, 0.3) is 0 Å². The van der Waals surface area contributed by atoms with Crippen LogP contribution in [-0.4, -0.2) is 181 Å². The molecule has 9 rings (SSSR count). The monoisotopic (exact) mass is 1270 g/mol. The predicted molar refractivity (Wildman–Crippen MR) is 350 cm³/mol. The van der Waals surface area contributed by atoms with E-state index in [0.29, 0.717) is 85.8 Å². The summed E-state index contributed by atoms with van der Waals surface area (Å²) in [5.41, 5.74) is 2.24. The van der Waals surface area contributed by atoms with Gasteiger partial charge in [-0.1, -0.05) is 42.2 Å². The standard InChI is InChI=1S/C20H30ClN7O.C19H28ClN7O.C10H7Cl3N4O.C7H16N2.CH4/c1-13(2)22-18-24-19(23-14-6-7-17(29-5)16(21)12-14)26-20(25-18)28(4)15-8-10-27(3)11-9-15;1-12(2)22-17-24-18(23-13-5-6-16(28-4)15(20)11-13)26-19(25-17)27(3)14-7-9-21-10-8-14;1-18-7-3-2-5(4-6(7)11)14-10-16-8(12)15-9(13)17-10;1-8-7-3-5-9(2)6-4-7;/h6-7,12-13,15H,8-11H2,1-5H3,(H2,22,23,24,25,26);5-6,11-12,14,21H,7-10H2,1-4H3,(H2,22,23,24,25,26);2-4H,1H3,(H,14,15,16,17);7-8H,3-6H2,1-2H3;1H4. The Balaban J connectivity index is 0.000000220. The lowest BCUT2D eigenvalue weighted by atomic mass is 10.0. The highest BCUT2D eigenvalue weighted by Gasteiger charge is 2.25. The van der Waals surface area contributed by atoms with Gasteiger partial charge in [-0.25, -0.2) is 0 Å². The first kappa shape index (κ1) is 69.7. The van der Waals surface area contributed by atoms with Gasteiger partial charge in [0.05, 0.1) is 36.4 Å². The first-order valence-corrected chi connectivity index (χ1v) is 29.8. The summed E-state index contributed by atoms with van der Waals surface area (Å²) in [7, 11) is 15.2. The number of nitrogens with one attached hydrogen (secondary N) is 7. The van der Waals surface area contributed by atoms with Crippen molar-refractivity contribution in [2.24, 2.45) is 0 Å². The van der Waals surface area contributed by atoms with Gasteiger partial charge in [0.1, 0.15) is 17.2 Å². The highest BCUT2D eigenvalue weighted by Crippen LogP contribution is 2.32. The Morgan fingerprint density at radius 2 is 0.835 bits per heavy atom. The number of anilines is 10. The predicted octanol–water partition coefficient (Wildman–Crippen LogP) is 11.4. The van der Waals surface area contributed by atoms with Crippen molar-refractivity contribution in [3.63, 3.8) is 0 Å². The number of methoxy groups -OCH3 is 3. The fourth-order valence-corrected chi connectivity index (χ4v) is 10.1. The van der Waals surface area contributed by atoms with Crippen molar-refractivity contribution in [1.82, 2.24) is 65.3 Å². The van der Waals surface area contributed by atoms with Crippen LogP contribution in [0.1, 0.15) is 73.6 Å². The Morgan fingerprint density at radius 3 is 1.18 bits per heavy atom. The lowest BCUT2D eigenvalue weighted by Crippen LogP contribution is -2.42. The molecule has 3 aliphatic heterocycles. The molecule has 85 heavy (non-hydrogen) atoms. The van der Waals surface area contributed by atoms with Crippen molar-refractivity contribution in [3.05, 3.63) is 80.2 Å². The molecule has 0 radical (unpaired) electrons. The molecule has 0 saturated carbocycles. The molecule has 0 atom stereocenters. The van der Waals surface area contributed by atoms with E-state index >= 15 is 0 Å². The van der Waals surface area contributed by atoms with Crippen molar-refractivity contribution in [2.75, 3.05) is 132 Å². The number of ether oxygens (including phenoxy) is 3. The van der Waals surface area contributed by atoms with Crippen molar-refractivity contribution >= 4 is 117 Å². The van der Waals surface area contributed by atoms with Gasteiger partial charge in [-0.05, 0) is 204 Å². The largest absolute Gasteiger partial charge is 0.495 e. The number of rotatable bonds is 18. The normalized spacial score (nSPS) is 14.9. The van der Waals surface area contributed by atoms with E-state index in [9.17, 15) is 0 Å². The van der Waals surface area contributed by atoms with Crippen LogP contribution < -0.4 is 61.2 Å². The molecule has 23 nitrogen and oxygen atoms in total. The van der Waals surface area contributed by atoms with E-state index in [1.165, 1.54) is 25.9 Å². The van der Waals surface area contributed by atoms with Crippen molar-refractivity contribution in [1.29, 1.82) is 0 Å². The minimum Gasteiger partial charge on any atom is -0.495 e. The molecule has 0 unspecified atom stereocenters. The van der Waals surface area contributed by atoms with Crippen molar-refractivity contribution in [2.45, 2.75) is 104 Å². The van der Waals surface area contributed by atoms with Crippen LogP contribution in [0.5, 0.6) is 17.2 Å². The second-order valence-corrected chi connectivity index (χ2v) is 22.8. The number of nitrogens with zero attached hydrogens (tertiary/aromatic N) is 13. The zero-order valence-electron chi connectivity index (χ0n) is 50.0. The van der Waals surface area contributed by atoms with Gasteiger partial charge >= 0.3 is 0 Å². The molecule has 3 fully saturated rings. The van der Waals surface area contributed by atoms with Crippen LogP contribution in [0.2, 0.25) is 25.6 Å². The average molecular weight is 1280 g/mol. The molecule has 3 aliphatic rings. The Bertz CT molecular complexity index is 2970. The SMILES string of the molecule is C.CNC1CCN(C)CC1.COc1ccc(Nc2nc(Cl)nc(Cl)n2)cc1Cl.COc1ccc(Nc2nc(NC(C)C)nc(N(C)C3CCN(C)CC3)n2)cc1Cl.COc1ccc(Nc2nc(NC(C)C)nc(N(C)C3CCNCC3)n2)cc1Cl. The van der Waals surface area contributed by atoms with E-state index in [1.54, 1.807) is 57.7 Å². The molecule has 0 aliphatic carbocycles.